The van der Waals surface area contributed by atoms with Crippen LogP contribution in [0.3, 0.4) is 0 Å². The molecule has 7 heteroatoms. The predicted octanol–water partition coefficient (Wildman–Crippen LogP) is 3.96. The zero-order valence-electron chi connectivity index (χ0n) is 16.9. The van der Waals surface area contributed by atoms with Crippen LogP contribution in [0.4, 0.5) is 5.69 Å². The molecular weight excluding hydrogens is 344 g/mol. The number of aromatic nitrogens is 2. The molecule has 0 N–H and O–H groups in total. The van der Waals surface area contributed by atoms with E-state index >= 15 is 0 Å². The molecule has 0 bridgehead atoms. The minimum absolute atomic E-state index is 0.00329. The van der Waals surface area contributed by atoms with Gasteiger partial charge < -0.3 is 4.90 Å². The predicted molar refractivity (Wildman–Crippen MR) is 105 cm³/mol. The maximum absolute atomic E-state index is 12.6. The van der Waals surface area contributed by atoms with Gasteiger partial charge in [-0.15, -0.1) is 0 Å². The highest BCUT2D eigenvalue weighted by molar-refractivity contribution is 5.94. The van der Waals surface area contributed by atoms with Crippen LogP contribution in [0.15, 0.2) is 24.3 Å². The molecule has 0 radical (unpaired) electrons. The van der Waals surface area contributed by atoms with E-state index in [-0.39, 0.29) is 17.6 Å². The average Bonchev–Trinajstić information content (AvgIpc) is 2.87. The lowest BCUT2D eigenvalue weighted by Crippen LogP contribution is -2.35. The van der Waals surface area contributed by atoms with Crippen molar-refractivity contribution in [1.29, 1.82) is 0 Å². The molecule has 1 aromatic carbocycles. The fraction of sp³-hybridized carbons (Fsp3) is 0.500. The van der Waals surface area contributed by atoms with Crippen molar-refractivity contribution >= 4 is 11.6 Å². The Morgan fingerprint density at radius 2 is 1.81 bits per heavy atom. The van der Waals surface area contributed by atoms with E-state index in [0.717, 1.165) is 12.0 Å². The normalized spacial score (nSPS) is 12.3. The van der Waals surface area contributed by atoms with Crippen LogP contribution in [0.5, 0.6) is 0 Å². The summed E-state index contributed by atoms with van der Waals surface area (Å²) >= 11 is 0. The Kier molecular flexibility index (Phi) is 6.36. The lowest BCUT2D eigenvalue weighted by atomic mass is 10.0. The van der Waals surface area contributed by atoms with Gasteiger partial charge in [-0.3, -0.25) is 19.6 Å². The third-order valence-corrected chi connectivity index (χ3v) is 4.85. The molecule has 1 atom stereocenters. The van der Waals surface area contributed by atoms with Gasteiger partial charge in [0.05, 0.1) is 11.5 Å². The largest absolute Gasteiger partial charge is 0.339 e. The van der Waals surface area contributed by atoms with E-state index in [2.05, 4.69) is 25.9 Å². The molecule has 146 valence electrons. The Labute approximate surface area is 160 Å². The van der Waals surface area contributed by atoms with E-state index in [0.29, 0.717) is 29.4 Å². The second-order valence-electron chi connectivity index (χ2n) is 7.53. The van der Waals surface area contributed by atoms with Crippen LogP contribution in [0.2, 0.25) is 0 Å². The van der Waals surface area contributed by atoms with Crippen molar-refractivity contribution in [3.8, 4) is 0 Å². The van der Waals surface area contributed by atoms with E-state index in [1.54, 1.807) is 35.6 Å². The summed E-state index contributed by atoms with van der Waals surface area (Å²) in [6, 6.07) is 7.52. The summed E-state index contributed by atoms with van der Waals surface area (Å²) in [7, 11) is 1.83. The molecular formula is C20H28N4O3. The zero-order valence-corrected chi connectivity index (χ0v) is 16.9. The average molecular weight is 372 g/mol. The van der Waals surface area contributed by atoms with Crippen molar-refractivity contribution in [2.45, 2.75) is 53.6 Å². The number of nitrogens with zero attached hydrogens (tertiary/aromatic N) is 4. The van der Waals surface area contributed by atoms with E-state index in [4.69, 9.17) is 0 Å². The lowest BCUT2D eigenvalue weighted by molar-refractivity contribution is -0.386. The smallest absolute Gasteiger partial charge is 0.312 e. The van der Waals surface area contributed by atoms with Gasteiger partial charge in [0.2, 0.25) is 0 Å². The summed E-state index contributed by atoms with van der Waals surface area (Å²) in [6.45, 7) is 10.1. The molecule has 0 aliphatic carbocycles. The van der Waals surface area contributed by atoms with Crippen molar-refractivity contribution in [1.82, 2.24) is 14.7 Å². The monoisotopic (exact) mass is 372 g/mol. The number of nitro groups is 1. The van der Waals surface area contributed by atoms with Crippen molar-refractivity contribution in [2.24, 2.45) is 5.92 Å². The Morgan fingerprint density at radius 3 is 2.30 bits per heavy atom. The maximum atomic E-state index is 12.6. The van der Waals surface area contributed by atoms with Gasteiger partial charge in [-0.25, -0.2) is 0 Å². The SMILES string of the molecule is Cc1nn(Cc2ccc(C(=O)N(C)C(C)CC(C)C)cc2)c(C)c1[N+](=O)[O-]. The summed E-state index contributed by atoms with van der Waals surface area (Å²) < 4.78 is 1.63. The zero-order chi connectivity index (χ0) is 20.3. The standard InChI is InChI=1S/C20H28N4O3/c1-13(2)11-14(3)22(6)20(25)18-9-7-17(8-10-18)12-23-16(5)19(24(26)27)15(4)21-23/h7-10,13-14H,11-12H2,1-6H3. The number of carbonyl (C=O) groups excluding carboxylic acids is 1. The van der Waals surface area contributed by atoms with E-state index in [1.807, 2.05) is 19.2 Å². The van der Waals surface area contributed by atoms with Gasteiger partial charge in [0.15, 0.2) is 0 Å². The van der Waals surface area contributed by atoms with Crippen molar-refractivity contribution in [2.75, 3.05) is 7.05 Å². The van der Waals surface area contributed by atoms with Gasteiger partial charge >= 0.3 is 5.69 Å². The van der Waals surface area contributed by atoms with Crippen LogP contribution in [0.25, 0.3) is 0 Å². The molecule has 1 unspecified atom stereocenters. The molecule has 7 nitrogen and oxygen atoms in total. The highest BCUT2D eigenvalue weighted by Gasteiger charge is 2.22. The van der Waals surface area contributed by atoms with E-state index < -0.39 is 4.92 Å². The van der Waals surface area contributed by atoms with E-state index in [1.165, 1.54) is 0 Å². The second-order valence-corrected chi connectivity index (χ2v) is 7.53. The Bertz CT molecular complexity index is 824. The minimum Gasteiger partial charge on any atom is -0.339 e. The van der Waals surface area contributed by atoms with Gasteiger partial charge in [-0.05, 0) is 50.8 Å². The summed E-state index contributed by atoms with van der Waals surface area (Å²) in [5.41, 5.74) is 2.56. The van der Waals surface area contributed by atoms with Gasteiger partial charge in [0.25, 0.3) is 5.91 Å². The van der Waals surface area contributed by atoms with Crippen molar-refractivity contribution in [3.63, 3.8) is 0 Å². The van der Waals surface area contributed by atoms with Crippen LogP contribution in [0, 0.1) is 29.9 Å². The van der Waals surface area contributed by atoms with Gasteiger partial charge in [-0.1, -0.05) is 26.0 Å². The van der Waals surface area contributed by atoms with Crippen molar-refractivity contribution in [3.05, 3.63) is 56.9 Å². The first kappa shape index (κ1) is 20.6. The summed E-state index contributed by atoms with van der Waals surface area (Å²) in [5.74, 6) is 0.527. The number of rotatable bonds is 7. The third kappa shape index (κ3) is 4.72. The highest BCUT2D eigenvalue weighted by Crippen LogP contribution is 2.22. The molecule has 27 heavy (non-hydrogen) atoms. The lowest BCUT2D eigenvalue weighted by Gasteiger charge is -2.26. The molecule has 2 rings (SSSR count). The molecule has 1 amide bonds. The molecule has 1 heterocycles. The first-order chi connectivity index (χ1) is 12.6. The number of aryl methyl sites for hydroxylation is 1. The topological polar surface area (TPSA) is 81.3 Å². The van der Waals surface area contributed by atoms with Crippen LogP contribution >= 0.6 is 0 Å². The van der Waals surface area contributed by atoms with Gasteiger partial charge in [0.1, 0.15) is 11.4 Å². The number of carbonyl (C=O) groups is 1. The molecule has 0 fully saturated rings. The summed E-state index contributed by atoms with van der Waals surface area (Å²) in [6.07, 6.45) is 0.955. The molecule has 0 aliphatic rings. The van der Waals surface area contributed by atoms with Crippen LogP contribution < -0.4 is 0 Å². The first-order valence-electron chi connectivity index (χ1n) is 9.16. The molecule has 2 aromatic rings. The van der Waals surface area contributed by atoms with Crippen LogP contribution in [-0.4, -0.2) is 38.6 Å². The van der Waals surface area contributed by atoms with Crippen LogP contribution in [-0.2, 0) is 6.54 Å². The minimum atomic E-state index is -0.399. The highest BCUT2D eigenvalue weighted by atomic mass is 16.6. The van der Waals surface area contributed by atoms with Crippen molar-refractivity contribution < 1.29 is 9.72 Å². The fourth-order valence-corrected chi connectivity index (χ4v) is 3.28. The number of hydrogen-bond donors (Lipinski definition) is 0. The molecule has 0 saturated carbocycles. The summed E-state index contributed by atoms with van der Waals surface area (Å²) in [5, 5.41) is 15.4. The van der Waals surface area contributed by atoms with Gasteiger partial charge in [0, 0.05) is 18.7 Å². The fourth-order valence-electron chi connectivity index (χ4n) is 3.28. The number of benzene rings is 1. The number of hydrogen-bond acceptors (Lipinski definition) is 4. The Hall–Kier alpha value is -2.70. The second kappa shape index (κ2) is 8.33. The quantitative estimate of drug-likeness (QED) is 0.544. The molecule has 0 spiro atoms. The Morgan fingerprint density at radius 1 is 1.22 bits per heavy atom. The van der Waals surface area contributed by atoms with Gasteiger partial charge in [-0.2, -0.15) is 5.10 Å². The first-order valence-corrected chi connectivity index (χ1v) is 9.16. The molecule has 0 saturated heterocycles. The Balaban J connectivity index is 2.13. The summed E-state index contributed by atoms with van der Waals surface area (Å²) in [4.78, 5) is 25.1. The van der Waals surface area contributed by atoms with Crippen LogP contribution in [0.1, 0.15) is 54.5 Å². The maximum Gasteiger partial charge on any atom is 0.312 e. The molecule has 0 aliphatic heterocycles. The third-order valence-electron chi connectivity index (χ3n) is 4.85. The number of amides is 1. The van der Waals surface area contributed by atoms with E-state index in [9.17, 15) is 14.9 Å². The molecule has 1 aromatic heterocycles.